The molecule has 0 unspecified atom stereocenters. The van der Waals surface area contributed by atoms with Crippen LogP contribution < -0.4 is 15.5 Å². The molecule has 0 fully saturated rings. The number of carboxylic acids is 1. The summed E-state index contributed by atoms with van der Waals surface area (Å²) in [6, 6.07) is 0. The van der Waals surface area contributed by atoms with Crippen molar-refractivity contribution in [3.8, 4) is 0 Å². The second kappa shape index (κ2) is 41.5. The van der Waals surface area contributed by atoms with E-state index in [2.05, 4.69) is 93.6 Å². The fourth-order valence-corrected chi connectivity index (χ4v) is 8.11. The molecule has 1 amide bonds. The molecule has 57 heavy (non-hydrogen) atoms. The number of carboxylic acid groups (broad SMARTS) is 1. The number of nitrogens with two attached hydrogens (primary N) is 1. The van der Waals surface area contributed by atoms with E-state index in [1.54, 1.807) is 0 Å². The number of carbonyl (C=O) groups is 2. The molecule has 0 aliphatic rings. The van der Waals surface area contributed by atoms with Crippen molar-refractivity contribution >= 4 is 11.9 Å². The number of nitrogens with zero attached hydrogens (tertiary/aromatic N) is 2. The number of aliphatic carboxylic acids is 1. The van der Waals surface area contributed by atoms with Crippen LogP contribution in [0.1, 0.15) is 215 Å². The molecule has 0 bridgehead atoms. The minimum Gasteiger partial charge on any atom is -0.481 e. The van der Waals surface area contributed by atoms with Gasteiger partial charge in [-0.05, 0) is 83.0 Å². The molecule has 0 atom stereocenters. The minimum atomic E-state index is -0.609. The molecule has 8 heteroatoms. The molecule has 0 aromatic heterocycles. The minimum absolute atomic E-state index is 0.0750. The van der Waals surface area contributed by atoms with E-state index >= 15 is 0 Å². The lowest BCUT2D eigenvalue weighted by atomic mass is 9.71. The van der Waals surface area contributed by atoms with Gasteiger partial charge < -0.3 is 30.4 Å². The quantitative estimate of drug-likeness (QED) is 0.0470. The van der Waals surface area contributed by atoms with Gasteiger partial charge in [0, 0.05) is 32.4 Å². The van der Waals surface area contributed by atoms with Crippen LogP contribution in [-0.2, 0) is 9.59 Å². The predicted octanol–water partition coefficient (Wildman–Crippen LogP) is 9.31. The van der Waals surface area contributed by atoms with E-state index in [-0.39, 0.29) is 10.8 Å². The van der Waals surface area contributed by atoms with E-state index in [1.807, 2.05) is 0 Å². The number of carbonyl (C=O) groups excluding carboxylic acids is 1. The van der Waals surface area contributed by atoms with Crippen molar-refractivity contribution in [2.75, 3.05) is 81.6 Å². The molecule has 8 nitrogen and oxygen atoms in total. The molecular formula is C49H107N5O3+2. The number of unbranched alkanes of at least 4 members (excludes halogenated alkanes) is 10. The highest BCUT2D eigenvalue weighted by molar-refractivity contribution is 5.77. The molecule has 344 valence electrons. The van der Waals surface area contributed by atoms with Gasteiger partial charge in [0.25, 0.3) is 0 Å². The summed E-state index contributed by atoms with van der Waals surface area (Å²) in [6.45, 7) is 19.5. The van der Waals surface area contributed by atoms with E-state index in [4.69, 9.17) is 5.73 Å². The molecule has 0 rings (SSSR count). The van der Waals surface area contributed by atoms with Gasteiger partial charge in [-0.15, -0.1) is 0 Å². The Balaban J connectivity index is -0.000000944. The van der Waals surface area contributed by atoms with Crippen LogP contribution in [0.2, 0.25) is 0 Å². The van der Waals surface area contributed by atoms with Gasteiger partial charge in [0.2, 0.25) is 5.91 Å². The van der Waals surface area contributed by atoms with Crippen LogP contribution >= 0.6 is 0 Å². The van der Waals surface area contributed by atoms with E-state index in [1.165, 1.54) is 132 Å². The Morgan fingerprint density at radius 2 is 0.842 bits per heavy atom. The van der Waals surface area contributed by atoms with Crippen LogP contribution in [0.4, 0.5) is 0 Å². The van der Waals surface area contributed by atoms with Crippen molar-refractivity contribution in [3.05, 3.63) is 0 Å². The number of quaternary nitrogens is 2. The predicted molar refractivity (Wildman–Crippen MR) is 251 cm³/mol. The highest BCUT2D eigenvalue weighted by Crippen LogP contribution is 2.41. The molecule has 0 aliphatic carbocycles. The maximum atomic E-state index is 13.6. The van der Waals surface area contributed by atoms with Crippen LogP contribution in [0, 0.1) is 10.8 Å². The largest absolute Gasteiger partial charge is 0.481 e. The molecule has 0 spiro atoms. The van der Waals surface area contributed by atoms with Gasteiger partial charge >= 0.3 is 5.97 Å². The van der Waals surface area contributed by atoms with E-state index < -0.39 is 5.97 Å². The monoisotopic (exact) mass is 814 g/mol. The zero-order valence-corrected chi connectivity index (χ0v) is 41.1. The molecule has 5 N–H and O–H groups in total. The van der Waals surface area contributed by atoms with E-state index in [0.717, 1.165) is 84.2 Å². The zero-order chi connectivity index (χ0) is 43.8. The van der Waals surface area contributed by atoms with Crippen LogP contribution in [0.15, 0.2) is 0 Å². The van der Waals surface area contributed by atoms with Gasteiger partial charge in [-0.25, -0.2) is 0 Å². The van der Waals surface area contributed by atoms with Gasteiger partial charge in [-0.2, -0.15) is 0 Å². The fraction of sp³-hybridized carbons (Fsp3) is 0.959. The molecule has 0 aliphatic heterocycles. The Labute approximate surface area is 358 Å². The highest BCUT2D eigenvalue weighted by atomic mass is 16.4. The number of hydrogen-bond acceptors (Lipinski definition) is 4. The summed E-state index contributed by atoms with van der Waals surface area (Å²) in [5.74, 6) is -0.173. The maximum absolute atomic E-state index is 13.6. The van der Waals surface area contributed by atoms with Gasteiger partial charge in [-0.3, -0.25) is 9.59 Å². The topological polar surface area (TPSA) is 95.8 Å². The first kappa shape index (κ1) is 60.1. The molecule has 0 saturated heterocycles. The summed E-state index contributed by atoms with van der Waals surface area (Å²) in [5, 5.41) is 9.25. The second-order valence-corrected chi connectivity index (χ2v) is 18.7. The summed E-state index contributed by atoms with van der Waals surface area (Å²) in [7, 11) is 12.9. The smallest absolute Gasteiger partial charge is 0.303 e. The fourth-order valence-electron chi connectivity index (χ4n) is 8.11. The third-order valence-electron chi connectivity index (χ3n) is 11.8. The SMILES string of the molecule is CCCCCCC(CCCC)(CCCC)CC(=O)N(CCC[NH+](C)C)CCC[NH+](C)C.CCCCCCC(CCCC)(CCCC)CC(=O)O.CN(C)CCCN. The lowest BCUT2D eigenvalue weighted by Gasteiger charge is -2.36. The van der Waals surface area contributed by atoms with Crippen LogP contribution in [-0.4, -0.2) is 108 Å². The van der Waals surface area contributed by atoms with Gasteiger partial charge in [0.1, 0.15) is 0 Å². The molecule has 0 saturated carbocycles. The number of amides is 1. The third-order valence-corrected chi connectivity index (χ3v) is 11.8. The first-order valence-electron chi connectivity index (χ1n) is 24.6. The van der Waals surface area contributed by atoms with Gasteiger partial charge in [0.15, 0.2) is 0 Å². The van der Waals surface area contributed by atoms with Crippen LogP contribution in [0.25, 0.3) is 0 Å². The first-order valence-corrected chi connectivity index (χ1v) is 24.6. The standard InChI is InChI=1S/C27H57N3O.C17H34O2.C5H14N2/c1-8-11-14-15-20-27(18-12-9-2,19-13-10-3)25-26(31)30(23-16-21-28(4)5)24-17-22-29(6)7;1-4-7-10-11-14-17(12-8-5-2,13-9-6-3)15-16(18)19;1-7(2)5-3-4-6/h8-25H2,1-7H3;4-15H2,1-3H3,(H,18,19);3-6H2,1-2H3/p+2. The van der Waals surface area contributed by atoms with Crippen LogP contribution in [0.3, 0.4) is 0 Å². The summed E-state index contributed by atoms with van der Waals surface area (Å²) >= 11 is 0. The Hall–Kier alpha value is -1.22. The Morgan fingerprint density at radius 1 is 0.491 bits per heavy atom. The van der Waals surface area contributed by atoms with Crippen molar-refractivity contribution in [2.45, 2.75) is 215 Å². The highest BCUT2D eigenvalue weighted by Gasteiger charge is 2.33. The second-order valence-electron chi connectivity index (χ2n) is 18.7. The lowest BCUT2D eigenvalue weighted by Crippen LogP contribution is -3.05. The van der Waals surface area contributed by atoms with Gasteiger partial charge in [0.05, 0.1) is 47.7 Å². The summed E-state index contributed by atoms with van der Waals surface area (Å²) in [4.78, 5) is 32.2. The number of nitrogens with one attached hydrogen (secondary N) is 2. The van der Waals surface area contributed by atoms with Crippen LogP contribution in [0.5, 0.6) is 0 Å². The third kappa shape index (κ3) is 38.7. The van der Waals surface area contributed by atoms with Crippen molar-refractivity contribution in [1.29, 1.82) is 0 Å². The number of hydrogen-bond donors (Lipinski definition) is 4. The summed E-state index contributed by atoms with van der Waals surface area (Å²) in [5.41, 5.74) is 5.56. The zero-order valence-electron chi connectivity index (χ0n) is 41.1. The average Bonchev–Trinajstić information content (AvgIpc) is 3.16. The Morgan fingerprint density at radius 3 is 1.12 bits per heavy atom. The maximum Gasteiger partial charge on any atom is 0.303 e. The molecule has 0 radical (unpaired) electrons. The van der Waals surface area contributed by atoms with Gasteiger partial charge in [-0.1, -0.05) is 144 Å². The Kier molecular flexibility index (Phi) is 43.8. The van der Waals surface area contributed by atoms with Crippen molar-refractivity contribution in [2.24, 2.45) is 16.6 Å². The molecule has 0 heterocycles. The van der Waals surface area contributed by atoms with Crippen molar-refractivity contribution in [3.63, 3.8) is 0 Å². The lowest BCUT2D eigenvalue weighted by molar-refractivity contribution is -0.858. The van der Waals surface area contributed by atoms with Crippen molar-refractivity contribution < 1.29 is 24.5 Å². The van der Waals surface area contributed by atoms with E-state index in [0.29, 0.717) is 12.3 Å². The van der Waals surface area contributed by atoms with E-state index in [9.17, 15) is 14.7 Å². The average molecular weight is 814 g/mol. The number of rotatable bonds is 37. The molecule has 0 aromatic carbocycles. The molecular weight excluding hydrogens is 707 g/mol. The summed E-state index contributed by atoms with van der Waals surface area (Å²) < 4.78 is 0. The summed E-state index contributed by atoms with van der Waals surface area (Å²) in [6.07, 6.45) is 31.4. The normalized spacial score (nSPS) is 11.8. The molecule has 0 aromatic rings. The first-order chi connectivity index (χ1) is 27.2. The van der Waals surface area contributed by atoms with Crippen molar-refractivity contribution in [1.82, 2.24) is 9.80 Å². The Bertz CT molecular complexity index is 836.